The van der Waals surface area contributed by atoms with Crippen molar-refractivity contribution in [1.29, 1.82) is 0 Å². The first-order valence-electron chi connectivity index (χ1n) is 10.3. The van der Waals surface area contributed by atoms with E-state index in [-0.39, 0.29) is 21.5 Å². The SMILES string of the molecule is COc1cc(/C=C2/SC(=S)N(c3cccc(C(F)(F)F)c3)C2=O)ccc1OCc1c(Cl)cccc1Cl. The summed E-state index contributed by atoms with van der Waals surface area (Å²) in [6.45, 7) is 0.115. The topological polar surface area (TPSA) is 38.8 Å². The van der Waals surface area contributed by atoms with Crippen LogP contribution in [0.4, 0.5) is 18.9 Å². The number of benzene rings is 3. The number of alkyl halides is 3. The summed E-state index contributed by atoms with van der Waals surface area (Å²) in [6.07, 6.45) is -2.95. The number of thiocarbonyl (C=S) groups is 1. The molecule has 1 heterocycles. The summed E-state index contributed by atoms with van der Waals surface area (Å²) in [5, 5.41) is 0.946. The van der Waals surface area contributed by atoms with Crippen LogP contribution in [0.3, 0.4) is 0 Å². The third-order valence-electron chi connectivity index (χ3n) is 5.14. The van der Waals surface area contributed by atoms with E-state index in [1.165, 1.54) is 19.2 Å². The van der Waals surface area contributed by atoms with Crippen molar-refractivity contribution in [3.8, 4) is 11.5 Å². The number of methoxy groups -OCH3 is 1. The molecule has 0 bridgehead atoms. The fourth-order valence-electron chi connectivity index (χ4n) is 3.38. The normalized spacial score (nSPS) is 15.1. The fraction of sp³-hybridized carbons (Fsp3) is 0.120. The Morgan fingerprint density at radius 3 is 2.39 bits per heavy atom. The molecule has 11 heteroatoms. The zero-order valence-electron chi connectivity index (χ0n) is 18.4. The Kier molecular flexibility index (Phi) is 7.85. The summed E-state index contributed by atoms with van der Waals surface area (Å²) >= 11 is 18.7. The Balaban J connectivity index is 1.56. The van der Waals surface area contributed by atoms with Crippen LogP contribution in [-0.2, 0) is 17.6 Å². The van der Waals surface area contributed by atoms with Gasteiger partial charge in [0.15, 0.2) is 15.8 Å². The summed E-state index contributed by atoms with van der Waals surface area (Å²) in [5.74, 6) is 0.319. The lowest BCUT2D eigenvalue weighted by atomic mass is 10.1. The predicted molar refractivity (Wildman–Crippen MR) is 141 cm³/mol. The number of halogens is 5. The van der Waals surface area contributed by atoms with E-state index in [9.17, 15) is 18.0 Å². The summed E-state index contributed by atoms with van der Waals surface area (Å²) in [4.78, 5) is 14.4. The average Bonchev–Trinajstić information content (AvgIpc) is 3.11. The maximum absolute atomic E-state index is 13.1. The van der Waals surface area contributed by atoms with Crippen molar-refractivity contribution in [2.24, 2.45) is 0 Å². The Bertz CT molecular complexity index is 1360. The van der Waals surface area contributed by atoms with Gasteiger partial charge in [0, 0.05) is 15.6 Å². The zero-order chi connectivity index (χ0) is 26.0. The van der Waals surface area contributed by atoms with Crippen molar-refractivity contribution in [2.45, 2.75) is 12.8 Å². The van der Waals surface area contributed by atoms with Crippen molar-refractivity contribution in [2.75, 3.05) is 12.0 Å². The highest BCUT2D eigenvalue weighted by atomic mass is 35.5. The van der Waals surface area contributed by atoms with E-state index in [0.29, 0.717) is 32.7 Å². The van der Waals surface area contributed by atoms with Crippen LogP contribution in [0.2, 0.25) is 10.0 Å². The number of nitrogens with zero attached hydrogens (tertiary/aromatic N) is 1. The molecular formula is C25H16Cl2F3NO3S2. The highest BCUT2D eigenvalue weighted by molar-refractivity contribution is 8.27. The van der Waals surface area contributed by atoms with Gasteiger partial charge in [0.1, 0.15) is 6.61 Å². The highest BCUT2D eigenvalue weighted by Gasteiger charge is 2.36. The minimum Gasteiger partial charge on any atom is -0.493 e. The number of rotatable bonds is 6. The summed E-state index contributed by atoms with van der Waals surface area (Å²) < 4.78 is 50.8. The predicted octanol–water partition coefficient (Wildman–Crippen LogP) is 8.01. The second-order valence-electron chi connectivity index (χ2n) is 7.46. The van der Waals surface area contributed by atoms with Crippen LogP contribution in [0.15, 0.2) is 65.6 Å². The van der Waals surface area contributed by atoms with Crippen molar-refractivity contribution in [1.82, 2.24) is 0 Å². The van der Waals surface area contributed by atoms with E-state index in [1.807, 2.05) is 0 Å². The lowest BCUT2D eigenvalue weighted by Gasteiger charge is -2.16. The number of hydrogen-bond donors (Lipinski definition) is 0. The molecule has 3 aromatic carbocycles. The van der Waals surface area contributed by atoms with E-state index in [0.717, 1.165) is 28.8 Å². The Hall–Kier alpha value is -2.72. The maximum Gasteiger partial charge on any atom is 0.416 e. The molecule has 4 rings (SSSR count). The van der Waals surface area contributed by atoms with Gasteiger partial charge in [0.2, 0.25) is 0 Å². The van der Waals surface area contributed by atoms with Gasteiger partial charge in [0.25, 0.3) is 5.91 Å². The first-order valence-corrected chi connectivity index (χ1v) is 12.3. The molecule has 0 radical (unpaired) electrons. The zero-order valence-corrected chi connectivity index (χ0v) is 21.6. The standard InChI is InChI=1S/C25H16Cl2F3NO3S2/c1-33-21-10-14(8-9-20(21)34-13-17-18(26)6-3-7-19(17)27)11-22-23(32)31(24(35)36-22)16-5-2-4-15(12-16)25(28,29)30/h2-12H,13H2,1H3/b22-11+. The Labute approximate surface area is 224 Å². The van der Waals surface area contributed by atoms with Crippen molar-refractivity contribution >= 4 is 69.2 Å². The minimum atomic E-state index is -4.54. The van der Waals surface area contributed by atoms with Gasteiger partial charge < -0.3 is 9.47 Å². The molecule has 1 aliphatic heterocycles. The molecule has 0 aromatic heterocycles. The number of amides is 1. The van der Waals surface area contributed by atoms with Gasteiger partial charge in [-0.1, -0.05) is 65.4 Å². The van der Waals surface area contributed by atoms with Crippen LogP contribution >= 0.6 is 47.2 Å². The van der Waals surface area contributed by atoms with Gasteiger partial charge in [-0.3, -0.25) is 9.69 Å². The van der Waals surface area contributed by atoms with E-state index >= 15 is 0 Å². The van der Waals surface area contributed by atoms with Gasteiger partial charge in [-0.15, -0.1) is 0 Å². The minimum absolute atomic E-state index is 0.0512. The number of carbonyl (C=O) groups excluding carboxylic acids is 1. The maximum atomic E-state index is 13.1. The van der Waals surface area contributed by atoms with Gasteiger partial charge >= 0.3 is 6.18 Å². The molecule has 1 fully saturated rings. The molecule has 0 N–H and O–H groups in total. The molecular weight excluding hydrogens is 554 g/mol. The molecule has 186 valence electrons. The number of ether oxygens (including phenoxy) is 2. The van der Waals surface area contributed by atoms with E-state index in [2.05, 4.69) is 0 Å². The van der Waals surface area contributed by atoms with Crippen LogP contribution in [0, 0.1) is 0 Å². The van der Waals surface area contributed by atoms with Crippen LogP contribution < -0.4 is 14.4 Å². The van der Waals surface area contributed by atoms with Crippen molar-refractivity contribution in [3.05, 3.63) is 92.3 Å². The van der Waals surface area contributed by atoms with Crippen molar-refractivity contribution in [3.63, 3.8) is 0 Å². The van der Waals surface area contributed by atoms with E-state index in [4.69, 9.17) is 44.9 Å². The molecule has 1 aliphatic rings. The molecule has 4 nitrogen and oxygen atoms in total. The van der Waals surface area contributed by atoms with Crippen LogP contribution in [0.25, 0.3) is 6.08 Å². The van der Waals surface area contributed by atoms with Crippen LogP contribution in [0.1, 0.15) is 16.7 Å². The van der Waals surface area contributed by atoms with Gasteiger partial charge in [0.05, 0.1) is 23.3 Å². The number of carbonyl (C=O) groups is 1. The molecule has 0 atom stereocenters. The van der Waals surface area contributed by atoms with Crippen LogP contribution in [0.5, 0.6) is 11.5 Å². The Morgan fingerprint density at radius 1 is 1.03 bits per heavy atom. The summed E-state index contributed by atoms with van der Waals surface area (Å²) in [6, 6.07) is 14.7. The van der Waals surface area contributed by atoms with Crippen LogP contribution in [-0.4, -0.2) is 17.3 Å². The van der Waals surface area contributed by atoms with Gasteiger partial charge in [-0.05, 0) is 54.1 Å². The largest absolute Gasteiger partial charge is 0.493 e. The molecule has 0 saturated carbocycles. The lowest BCUT2D eigenvalue weighted by molar-refractivity contribution is -0.137. The second kappa shape index (κ2) is 10.7. The molecule has 3 aromatic rings. The molecule has 0 unspecified atom stereocenters. The Morgan fingerprint density at radius 2 is 1.72 bits per heavy atom. The van der Waals surface area contributed by atoms with Gasteiger partial charge in [-0.25, -0.2) is 0 Å². The highest BCUT2D eigenvalue weighted by Crippen LogP contribution is 2.39. The smallest absolute Gasteiger partial charge is 0.416 e. The second-order valence-corrected chi connectivity index (χ2v) is 9.95. The summed E-state index contributed by atoms with van der Waals surface area (Å²) in [5.41, 5.74) is 0.427. The average molecular weight is 570 g/mol. The fourth-order valence-corrected chi connectivity index (χ4v) is 5.18. The van der Waals surface area contributed by atoms with E-state index < -0.39 is 17.6 Å². The molecule has 1 saturated heterocycles. The molecule has 1 amide bonds. The van der Waals surface area contributed by atoms with Gasteiger partial charge in [-0.2, -0.15) is 13.2 Å². The third-order valence-corrected chi connectivity index (χ3v) is 7.15. The number of thioether (sulfide) groups is 1. The molecule has 0 spiro atoms. The third kappa shape index (κ3) is 5.64. The first-order chi connectivity index (χ1) is 17.1. The lowest BCUT2D eigenvalue weighted by Crippen LogP contribution is -2.27. The number of hydrogen-bond acceptors (Lipinski definition) is 5. The molecule has 36 heavy (non-hydrogen) atoms. The van der Waals surface area contributed by atoms with Crippen molar-refractivity contribution < 1.29 is 27.4 Å². The number of anilines is 1. The van der Waals surface area contributed by atoms with E-state index in [1.54, 1.807) is 42.5 Å². The summed E-state index contributed by atoms with van der Waals surface area (Å²) in [7, 11) is 1.47. The molecule has 0 aliphatic carbocycles. The first kappa shape index (κ1) is 26.3. The quantitative estimate of drug-likeness (QED) is 0.222. The monoisotopic (exact) mass is 569 g/mol.